The van der Waals surface area contributed by atoms with Gasteiger partial charge in [0, 0.05) is 45.0 Å². The number of carboxylic acids is 1. The van der Waals surface area contributed by atoms with Gasteiger partial charge in [-0.15, -0.1) is 0 Å². The Balaban J connectivity index is 2.25. The van der Waals surface area contributed by atoms with E-state index in [1.165, 1.54) is 0 Å². The molecule has 14 heavy (non-hydrogen) atoms. The molecular weight excluding hydrogens is 184 g/mol. The fourth-order valence-electron chi connectivity index (χ4n) is 1.45. The van der Waals surface area contributed by atoms with Crippen LogP contribution in [-0.2, 0) is 4.79 Å². The standard InChI is InChI=1S/C9H16N2O3/c12-8-7-11-5-3-10(4-6-11)2-1-9(13)14/h1-2,12H,3-8H2,(H,13,14). The fraction of sp³-hybridized carbons (Fsp3) is 0.667. The van der Waals surface area contributed by atoms with Crippen LogP contribution in [0.2, 0.25) is 0 Å². The monoisotopic (exact) mass is 200 g/mol. The van der Waals surface area contributed by atoms with Gasteiger partial charge in [-0.2, -0.15) is 0 Å². The van der Waals surface area contributed by atoms with E-state index in [0.29, 0.717) is 6.54 Å². The van der Waals surface area contributed by atoms with Crippen LogP contribution in [0.5, 0.6) is 0 Å². The first-order chi connectivity index (χ1) is 6.72. The number of nitrogens with zero attached hydrogens (tertiary/aromatic N) is 2. The number of carboxylic acid groups (broad SMARTS) is 1. The highest BCUT2D eigenvalue weighted by Gasteiger charge is 2.13. The molecule has 1 aliphatic rings. The van der Waals surface area contributed by atoms with Gasteiger partial charge in [-0.1, -0.05) is 0 Å². The maximum Gasteiger partial charge on any atom is 0.329 e. The number of aliphatic hydroxyl groups is 1. The van der Waals surface area contributed by atoms with E-state index in [0.717, 1.165) is 32.3 Å². The summed E-state index contributed by atoms with van der Waals surface area (Å²) in [5, 5.41) is 17.1. The summed E-state index contributed by atoms with van der Waals surface area (Å²) in [6.07, 6.45) is 2.76. The molecule has 0 aromatic heterocycles. The smallest absolute Gasteiger partial charge is 0.329 e. The minimum Gasteiger partial charge on any atom is -0.478 e. The summed E-state index contributed by atoms with van der Waals surface area (Å²) in [5.41, 5.74) is 0. The van der Waals surface area contributed by atoms with Gasteiger partial charge in [0.2, 0.25) is 0 Å². The van der Waals surface area contributed by atoms with Gasteiger partial charge in [-0.05, 0) is 0 Å². The van der Waals surface area contributed by atoms with Gasteiger partial charge < -0.3 is 15.1 Å². The van der Waals surface area contributed by atoms with Gasteiger partial charge in [0.25, 0.3) is 0 Å². The Bertz CT molecular complexity index is 210. The maximum absolute atomic E-state index is 10.3. The van der Waals surface area contributed by atoms with Crippen molar-refractivity contribution in [2.75, 3.05) is 39.3 Å². The third kappa shape index (κ3) is 3.76. The summed E-state index contributed by atoms with van der Waals surface area (Å²) < 4.78 is 0. The number of aliphatic carboxylic acids is 1. The molecule has 1 saturated heterocycles. The number of aliphatic hydroxyl groups excluding tert-OH is 1. The Morgan fingerprint density at radius 2 is 1.93 bits per heavy atom. The molecule has 0 atom stereocenters. The maximum atomic E-state index is 10.3. The minimum atomic E-state index is -0.914. The van der Waals surface area contributed by atoms with Gasteiger partial charge in [-0.25, -0.2) is 4.79 Å². The molecule has 0 unspecified atom stereocenters. The number of rotatable bonds is 4. The molecule has 0 bridgehead atoms. The van der Waals surface area contributed by atoms with Crippen LogP contribution in [-0.4, -0.2) is 65.3 Å². The fourth-order valence-corrected chi connectivity index (χ4v) is 1.45. The third-order valence-corrected chi connectivity index (χ3v) is 2.25. The van der Waals surface area contributed by atoms with E-state index in [9.17, 15) is 4.79 Å². The summed E-state index contributed by atoms with van der Waals surface area (Å²) in [5.74, 6) is -0.914. The van der Waals surface area contributed by atoms with Gasteiger partial charge in [-0.3, -0.25) is 4.90 Å². The Kier molecular flexibility index (Phi) is 4.42. The molecule has 1 rings (SSSR count). The van der Waals surface area contributed by atoms with Crippen molar-refractivity contribution in [2.24, 2.45) is 0 Å². The van der Waals surface area contributed by atoms with Crippen molar-refractivity contribution in [3.63, 3.8) is 0 Å². The van der Waals surface area contributed by atoms with E-state index in [4.69, 9.17) is 10.2 Å². The summed E-state index contributed by atoms with van der Waals surface area (Å²) in [6.45, 7) is 4.30. The Morgan fingerprint density at radius 3 is 2.43 bits per heavy atom. The van der Waals surface area contributed by atoms with Crippen molar-refractivity contribution in [3.8, 4) is 0 Å². The Labute approximate surface area is 83.2 Å². The molecule has 0 aromatic rings. The predicted octanol–water partition coefficient (Wildman–Crippen LogP) is -0.805. The number of hydrogen-bond donors (Lipinski definition) is 2. The van der Waals surface area contributed by atoms with E-state index in [2.05, 4.69) is 4.90 Å². The van der Waals surface area contributed by atoms with E-state index in [-0.39, 0.29) is 6.61 Å². The third-order valence-electron chi connectivity index (χ3n) is 2.25. The molecule has 0 saturated carbocycles. The van der Waals surface area contributed by atoms with Crippen molar-refractivity contribution in [3.05, 3.63) is 12.3 Å². The quantitative estimate of drug-likeness (QED) is 0.581. The van der Waals surface area contributed by atoms with Crippen LogP contribution in [0, 0.1) is 0 Å². The van der Waals surface area contributed by atoms with E-state index in [1.807, 2.05) is 4.90 Å². The summed E-state index contributed by atoms with van der Waals surface area (Å²) in [6, 6.07) is 0. The summed E-state index contributed by atoms with van der Waals surface area (Å²) in [4.78, 5) is 14.4. The largest absolute Gasteiger partial charge is 0.478 e. The second-order valence-corrected chi connectivity index (χ2v) is 3.26. The zero-order valence-electron chi connectivity index (χ0n) is 8.09. The average molecular weight is 200 g/mol. The first-order valence-electron chi connectivity index (χ1n) is 4.71. The average Bonchev–Trinajstić information content (AvgIpc) is 2.17. The van der Waals surface area contributed by atoms with Crippen molar-refractivity contribution in [2.45, 2.75) is 0 Å². The van der Waals surface area contributed by atoms with Crippen molar-refractivity contribution < 1.29 is 15.0 Å². The van der Waals surface area contributed by atoms with Crippen LogP contribution in [0.15, 0.2) is 12.3 Å². The molecule has 0 radical (unpaired) electrons. The summed E-state index contributed by atoms with van der Waals surface area (Å²) >= 11 is 0. The van der Waals surface area contributed by atoms with Gasteiger partial charge in [0.05, 0.1) is 6.61 Å². The first-order valence-corrected chi connectivity index (χ1v) is 4.71. The van der Waals surface area contributed by atoms with Crippen LogP contribution in [0.4, 0.5) is 0 Å². The second kappa shape index (κ2) is 5.62. The molecule has 5 heteroatoms. The Hall–Kier alpha value is -1.07. The predicted molar refractivity (Wildman–Crippen MR) is 51.9 cm³/mol. The minimum absolute atomic E-state index is 0.185. The van der Waals surface area contributed by atoms with Crippen LogP contribution in [0.3, 0.4) is 0 Å². The molecule has 1 heterocycles. The molecule has 1 fully saturated rings. The zero-order valence-corrected chi connectivity index (χ0v) is 8.09. The van der Waals surface area contributed by atoms with Crippen molar-refractivity contribution >= 4 is 5.97 Å². The van der Waals surface area contributed by atoms with Crippen LogP contribution < -0.4 is 0 Å². The molecular formula is C9H16N2O3. The highest BCUT2D eigenvalue weighted by Crippen LogP contribution is 2.01. The van der Waals surface area contributed by atoms with Crippen molar-refractivity contribution in [1.29, 1.82) is 0 Å². The molecule has 0 amide bonds. The number of piperazine rings is 1. The molecule has 0 aliphatic carbocycles. The lowest BCUT2D eigenvalue weighted by Crippen LogP contribution is -2.44. The molecule has 0 aromatic carbocycles. The van der Waals surface area contributed by atoms with E-state index in [1.54, 1.807) is 6.20 Å². The van der Waals surface area contributed by atoms with E-state index >= 15 is 0 Å². The first kappa shape index (κ1) is 11.0. The van der Waals surface area contributed by atoms with Gasteiger partial charge >= 0.3 is 5.97 Å². The normalized spacial score (nSPS) is 19.1. The van der Waals surface area contributed by atoms with Gasteiger partial charge in [0.15, 0.2) is 0 Å². The topological polar surface area (TPSA) is 64.0 Å². The van der Waals surface area contributed by atoms with Crippen LogP contribution >= 0.6 is 0 Å². The van der Waals surface area contributed by atoms with E-state index < -0.39 is 5.97 Å². The van der Waals surface area contributed by atoms with Crippen LogP contribution in [0.1, 0.15) is 0 Å². The lowest BCUT2D eigenvalue weighted by Gasteiger charge is -2.33. The van der Waals surface area contributed by atoms with Crippen LogP contribution in [0.25, 0.3) is 0 Å². The second-order valence-electron chi connectivity index (χ2n) is 3.26. The SMILES string of the molecule is O=C(O)C=CN1CCN(CCO)CC1. The molecule has 5 nitrogen and oxygen atoms in total. The molecule has 0 spiro atoms. The Morgan fingerprint density at radius 1 is 1.29 bits per heavy atom. The number of β-amino-alcohol motifs (C(OH)–C–C–N with tert-alkyl or cyclic N) is 1. The lowest BCUT2D eigenvalue weighted by atomic mass is 10.3. The zero-order chi connectivity index (χ0) is 10.4. The number of carbonyl (C=O) groups is 1. The number of hydrogen-bond acceptors (Lipinski definition) is 4. The van der Waals surface area contributed by atoms with Gasteiger partial charge in [0.1, 0.15) is 0 Å². The highest BCUT2D eigenvalue weighted by atomic mass is 16.4. The lowest BCUT2D eigenvalue weighted by molar-refractivity contribution is -0.131. The molecule has 1 aliphatic heterocycles. The molecule has 80 valence electrons. The van der Waals surface area contributed by atoms with Crippen molar-refractivity contribution in [1.82, 2.24) is 9.80 Å². The highest BCUT2D eigenvalue weighted by molar-refractivity contribution is 5.79. The summed E-state index contributed by atoms with van der Waals surface area (Å²) in [7, 11) is 0. The molecule has 2 N–H and O–H groups in total.